The molecule has 0 unspecified atom stereocenters. The van der Waals surface area contributed by atoms with Crippen LogP contribution in [0.4, 0.5) is 10.5 Å². The first-order valence-electron chi connectivity index (χ1n) is 6.60. The molecule has 20 heavy (non-hydrogen) atoms. The van der Waals surface area contributed by atoms with E-state index in [1.807, 2.05) is 6.92 Å². The van der Waals surface area contributed by atoms with Crippen molar-refractivity contribution in [3.63, 3.8) is 0 Å². The van der Waals surface area contributed by atoms with Crippen LogP contribution < -0.4 is 20.1 Å². The highest BCUT2D eigenvalue weighted by atomic mass is 16.5. The number of rotatable bonds is 5. The van der Waals surface area contributed by atoms with E-state index in [1.54, 1.807) is 38.6 Å². The summed E-state index contributed by atoms with van der Waals surface area (Å²) in [6, 6.07) is 4.95. The van der Waals surface area contributed by atoms with E-state index in [-0.39, 0.29) is 6.03 Å². The van der Waals surface area contributed by atoms with Crippen molar-refractivity contribution in [3.8, 4) is 11.5 Å². The highest BCUT2D eigenvalue weighted by Gasteiger charge is 2.22. The van der Waals surface area contributed by atoms with Crippen LogP contribution >= 0.6 is 0 Å². The Morgan fingerprint density at radius 1 is 1.30 bits per heavy atom. The zero-order chi connectivity index (χ0) is 14.5. The van der Waals surface area contributed by atoms with Crippen molar-refractivity contribution in [2.75, 3.05) is 19.5 Å². The summed E-state index contributed by atoms with van der Waals surface area (Å²) in [5.74, 6) is 1.89. The molecule has 0 spiro atoms. The van der Waals surface area contributed by atoms with Crippen LogP contribution in [-0.4, -0.2) is 20.3 Å². The summed E-state index contributed by atoms with van der Waals surface area (Å²) in [6.45, 7) is 2.03. The second-order valence-electron chi connectivity index (χ2n) is 4.83. The summed E-state index contributed by atoms with van der Waals surface area (Å²) in [5.41, 5.74) is 1.78. The van der Waals surface area contributed by atoms with Crippen molar-refractivity contribution in [1.82, 2.24) is 5.32 Å². The van der Waals surface area contributed by atoms with Crippen LogP contribution in [0.2, 0.25) is 0 Å². The van der Waals surface area contributed by atoms with Gasteiger partial charge in [-0.15, -0.1) is 0 Å². The number of amides is 2. The second-order valence-corrected chi connectivity index (χ2v) is 4.83. The number of methoxy groups -OCH3 is 2. The third-order valence-electron chi connectivity index (χ3n) is 3.31. The molecule has 1 aliphatic carbocycles. The molecule has 1 aromatic carbocycles. The van der Waals surface area contributed by atoms with Crippen LogP contribution in [0.5, 0.6) is 11.5 Å². The maximum atomic E-state index is 11.9. The molecule has 2 amide bonds. The molecule has 1 fully saturated rings. The summed E-state index contributed by atoms with van der Waals surface area (Å²) in [6.07, 6.45) is 4.20. The number of benzene rings is 1. The van der Waals surface area contributed by atoms with Gasteiger partial charge in [-0.2, -0.15) is 0 Å². The Bertz CT molecular complexity index is 522. The van der Waals surface area contributed by atoms with Crippen LogP contribution in [0.15, 0.2) is 30.0 Å². The van der Waals surface area contributed by atoms with Crippen molar-refractivity contribution in [2.45, 2.75) is 19.8 Å². The van der Waals surface area contributed by atoms with E-state index >= 15 is 0 Å². The van der Waals surface area contributed by atoms with E-state index in [9.17, 15) is 4.79 Å². The minimum Gasteiger partial charge on any atom is -0.497 e. The summed E-state index contributed by atoms with van der Waals surface area (Å²) in [7, 11) is 3.13. The van der Waals surface area contributed by atoms with Gasteiger partial charge in [0.2, 0.25) is 0 Å². The molecule has 0 atom stereocenters. The lowest BCUT2D eigenvalue weighted by molar-refractivity contribution is 0.255. The smallest absolute Gasteiger partial charge is 0.323 e. The number of hydrogen-bond acceptors (Lipinski definition) is 3. The van der Waals surface area contributed by atoms with E-state index < -0.39 is 0 Å². The fraction of sp³-hybridized carbons (Fsp3) is 0.400. The number of hydrogen-bond donors (Lipinski definition) is 2. The molecule has 1 aromatic rings. The Kier molecular flexibility index (Phi) is 4.50. The molecule has 1 aliphatic rings. The minimum atomic E-state index is -0.295. The van der Waals surface area contributed by atoms with Gasteiger partial charge >= 0.3 is 6.03 Å². The number of carbonyl (C=O) groups is 1. The van der Waals surface area contributed by atoms with E-state index in [4.69, 9.17) is 9.47 Å². The van der Waals surface area contributed by atoms with Crippen molar-refractivity contribution in [2.24, 2.45) is 5.92 Å². The van der Waals surface area contributed by atoms with Gasteiger partial charge in [-0.25, -0.2) is 4.79 Å². The summed E-state index contributed by atoms with van der Waals surface area (Å²) in [4.78, 5) is 11.9. The van der Waals surface area contributed by atoms with Crippen molar-refractivity contribution in [3.05, 3.63) is 30.0 Å². The van der Waals surface area contributed by atoms with E-state index in [2.05, 4.69) is 10.6 Å². The molecule has 0 heterocycles. The van der Waals surface area contributed by atoms with Gasteiger partial charge in [0.05, 0.1) is 19.9 Å². The van der Waals surface area contributed by atoms with Gasteiger partial charge in [-0.3, -0.25) is 0 Å². The third-order valence-corrected chi connectivity index (χ3v) is 3.31. The summed E-state index contributed by atoms with van der Waals surface area (Å²) < 4.78 is 10.3. The van der Waals surface area contributed by atoms with Gasteiger partial charge in [-0.05, 0) is 37.8 Å². The topological polar surface area (TPSA) is 59.6 Å². The second kappa shape index (κ2) is 6.32. The maximum absolute atomic E-state index is 11.9. The lowest BCUT2D eigenvalue weighted by atomic mass is 10.2. The number of carbonyl (C=O) groups excluding carboxylic acids is 1. The first-order chi connectivity index (χ1) is 9.63. The Morgan fingerprint density at radius 2 is 2.05 bits per heavy atom. The van der Waals surface area contributed by atoms with Gasteiger partial charge in [0, 0.05) is 12.3 Å². The van der Waals surface area contributed by atoms with Crippen molar-refractivity contribution < 1.29 is 14.3 Å². The zero-order valence-corrected chi connectivity index (χ0v) is 12.0. The summed E-state index contributed by atoms with van der Waals surface area (Å²) in [5, 5.41) is 5.48. The number of urea groups is 1. The van der Waals surface area contributed by atoms with E-state index in [0.29, 0.717) is 23.1 Å². The molecule has 5 heteroatoms. The lowest BCUT2D eigenvalue weighted by Gasteiger charge is -2.11. The fourth-order valence-electron chi connectivity index (χ4n) is 1.91. The first-order valence-corrected chi connectivity index (χ1v) is 6.60. The van der Waals surface area contributed by atoms with Gasteiger partial charge in [-0.1, -0.05) is 5.57 Å². The molecule has 0 radical (unpaired) electrons. The number of nitrogens with one attached hydrogen (secondary N) is 2. The van der Waals surface area contributed by atoms with Crippen molar-refractivity contribution in [1.29, 1.82) is 0 Å². The molecule has 0 aliphatic heterocycles. The molecule has 5 nitrogen and oxygen atoms in total. The Balaban J connectivity index is 2.00. The molecule has 0 saturated heterocycles. The minimum absolute atomic E-state index is 0.295. The standard InChI is InChI=1S/C15H20N2O3/c1-10(11-4-5-11)9-16-15(18)17-13-8-12(19-2)6-7-14(13)20-3/h6-9,11H,4-5H2,1-3H3,(H2,16,17,18)/b10-9+. The number of ether oxygens (including phenoxy) is 2. The third kappa shape index (κ3) is 3.66. The highest BCUT2D eigenvalue weighted by molar-refractivity contribution is 5.91. The Morgan fingerprint density at radius 3 is 2.65 bits per heavy atom. The van der Waals surface area contributed by atoms with Crippen LogP contribution in [0.3, 0.4) is 0 Å². The SMILES string of the molecule is COc1ccc(OC)c(NC(=O)N/C=C(\C)C2CC2)c1. The highest BCUT2D eigenvalue weighted by Crippen LogP contribution is 2.35. The van der Waals surface area contributed by atoms with Crippen LogP contribution in [0.25, 0.3) is 0 Å². The largest absolute Gasteiger partial charge is 0.497 e. The van der Waals surface area contributed by atoms with Gasteiger partial charge in [0.25, 0.3) is 0 Å². The monoisotopic (exact) mass is 276 g/mol. The Labute approximate surface area is 119 Å². The summed E-state index contributed by atoms with van der Waals surface area (Å²) >= 11 is 0. The van der Waals surface area contributed by atoms with Gasteiger partial charge in [0.15, 0.2) is 0 Å². The molecule has 2 rings (SSSR count). The molecular weight excluding hydrogens is 256 g/mol. The zero-order valence-electron chi connectivity index (χ0n) is 12.0. The van der Waals surface area contributed by atoms with Crippen molar-refractivity contribution >= 4 is 11.7 Å². The van der Waals surface area contributed by atoms with E-state index in [1.165, 1.54) is 18.4 Å². The van der Waals surface area contributed by atoms with Crippen LogP contribution in [0.1, 0.15) is 19.8 Å². The average molecular weight is 276 g/mol. The van der Waals surface area contributed by atoms with Gasteiger partial charge in [0.1, 0.15) is 11.5 Å². The lowest BCUT2D eigenvalue weighted by Crippen LogP contribution is -2.24. The quantitative estimate of drug-likeness (QED) is 0.868. The molecule has 2 N–H and O–H groups in total. The molecule has 0 bridgehead atoms. The Hall–Kier alpha value is -2.17. The number of allylic oxidation sites excluding steroid dienone is 1. The number of anilines is 1. The maximum Gasteiger partial charge on any atom is 0.323 e. The normalized spacial score (nSPS) is 14.7. The van der Waals surface area contributed by atoms with E-state index in [0.717, 1.165) is 0 Å². The fourth-order valence-corrected chi connectivity index (χ4v) is 1.91. The molecular formula is C15H20N2O3. The molecule has 108 valence electrons. The van der Waals surface area contributed by atoms with Crippen LogP contribution in [-0.2, 0) is 0 Å². The van der Waals surface area contributed by atoms with Crippen LogP contribution in [0, 0.1) is 5.92 Å². The predicted octanol–water partition coefficient (Wildman–Crippen LogP) is 3.14. The first kappa shape index (κ1) is 14.2. The molecule has 1 saturated carbocycles. The van der Waals surface area contributed by atoms with Gasteiger partial charge < -0.3 is 20.1 Å². The predicted molar refractivity (Wildman–Crippen MR) is 78.2 cm³/mol. The average Bonchev–Trinajstić information content (AvgIpc) is 3.29. The molecule has 0 aromatic heterocycles.